The van der Waals surface area contributed by atoms with Crippen LogP contribution in [0.15, 0.2) is 72.8 Å². The zero-order valence-corrected chi connectivity index (χ0v) is 16.3. The molecule has 0 saturated carbocycles. The molecule has 8 heteroatoms. The fraction of sp³-hybridized carbons (Fsp3) is 0.0476. The fourth-order valence-corrected chi connectivity index (χ4v) is 2.93. The molecule has 0 aliphatic rings. The number of Topliss-reactive ketones (excluding diaryl/α,β-unsaturated/α-hetero) is 1. The first-order valence-corrected chi connectivity index (χ1v) is 9.12. The van der Waals surface area contributed by atoms with Crippen LogP contribution in [0.4, 0.5) is 5.69 Å². The van der Waals surface area contributed by atoms with Crippen molar-refractivity contribution < 1.29 is 19.2 Å². The molecule has 3 aromatic carbocycles. The molecule has 0 aliphatic heterocycles. The minimum atomic E-state index is -1.25. The van der Waals surface area contributed by atoms with Crippen LogP contribution in [0.2, 0.25) is 10.0 Å². The molecule has 1 atom stereocenters. The normalized spacial score (nSPS) is 11.5. The molecular weight excluding hydrogens is 417 g/mol. The highest BCUT2D eigenvalue weighted by Crippen LogP contribution is 2.28. The molecule has 6 nitrogen and oxygen atoms in total. The van der Waals surface area contributed by atoms with Crippen molar-refractivity contribution in [3.05, 3.63) is 110 Å². The number of nitro benzene ring substituents is 1. The van der Waals surface area contributed by atoms with Crippen LogP contribution in [0, 0.1) is 10.1 Å². The van der Waals surface area contributed by atoms with Crippen molar-refractivity contribution in [2.45, 2.75) is 6.10 Å². The number of ketones is 1. The maximum Gasteiger partial charge on any atom is 0.339 e. The minimum absolute atomic E-state index is 0.0964. The number of hydrogen-bond acceptors (Lipinski definition) is 5. The van der Waals surface area contributed by atoms with Gasteiger partial charge in [-0.15, -0.1) is 0 Å². The van der Waals surface area contributed by atoms with Crippen LogP contribution in [-0.2, 0) is 4.74 Å². The van der Waals surface area contributed by atoms with Crippen molar-refractivity contribution in [2.24, 2.45) is 0 Å². The second-order valence-electron chi connectivity index (χ2n) is 5.99. The number of rotatable bonds is 6. The van der Waals surface area contributed by atoms with Crippen LogP contribution in [-0.4, -0.2) is 16.7 Å². The third-order valence-electron chi connectivity index (χ3n) is 4.07. The van der Waals surface area contributed by atoms with Gasteiger partial charge >= 0.3 is 5.97 Å². The predicted molar refractivity (Wildman–Crippen MR) is 108 cm³/mol. The Kier molecular flexibility index (Phi) is 6.26. The Bertz CT molecular complexity index is 1070. The first-order valence-electron chi connectivity index (χ1n) is 8.36. The smallest absolute Gasteiger partial charge is 0.339 e. The monoisotopic (exact) mass is 429 g/mol. The third-order valence-corrected chi connectivity index (χ3v) is 4.64. The lowest BCUT2D eigenvalue weighted by molar-refractivity contribution is -0.384. The van der Waals surface area contributed by atoms with Crippen LogP contribution >= 0.6 is 23.2 Å². The Morgan fingerprint density at radius 2 is 1.55 bits per heavy atom. The second-order valence-corrected chi connectivity index (χ2v) is 6.83. The molecule has 0 bridgehead atoms. The molecule has 0 spiro atoms. The number of esters is 1. The molecule has 29 heavy (non-hydrogen) atoms. The van der Waals surface area contributed by atoms with Gasteiger partial charge < -0.3 is 4.74 Å². The van der Waals surface area contributed by atoms with Crippen LogP contribution in [0.3, 0.4) is 0 Å². The Balaban J connectivity index is 1.95. The van der Waals surface area contributed by atoms with Gasteiger partial charge in [0.1, 0.15) is 5.02 Å². The first kappa shape index (κ1) is 20.5. The van der Waals surface area contributed by atoms with Crippen molar-refractivity contribution in [2.75, 3.05) is 0 Å². The lowest BCUT2D eigenvalue weighted by atomic mass is 9.99. The van der Waals surface area contributed by atoms with E-state index >= 15 is 0 Å². The van der Waals surface area contributed by atoms with E-state index in [0.717, 1.165) is 6.07 Å². The molecule has 0 aromatic heterocycles. The summed E-state index contributed by atoms with van der Waals surface area (Å²) in [6.07, 6.45) is -1.25. The van der Waals surface area contributed by atoms with Gasteiger partial charge in [0.05, 0.1) is 10.5 Å². The highest BCUT2D eigenvalue weighted by Gasteiger charge is 2.27. The average Bonchev–Trinajstić information content (AvgIpc) is 2.73. The molecular formula is C21H13Cl2NO5. The molecule has 0 amide bonds. The van der Waals surface area contributed by atoms with Gasteiger partial charge in [-0.2, -0.15) is 0 Å². The summed E-state index contributed by atoms with van der Waals surface area (Å²) in [4.78, 5) is 36.0. The number of carbonyl (C=O) groups is 2. The molecule has 3 aromatic rings. The van der Waals surface area contributed by atoms with Crippen LogP contribution in [0.25, 0.3) is 0 Å². The maximum atomic E-state index is 13.0. The van der Waals surface area contributed by atoms with Gasteiger partial charge in [-0.3, -0.25) is 14.9 Å². The highest BCUT2D eigenvalue weighted by atomic mass is 35.5. The zero-order valence-electron chi connectivity index (χ0n) is 14.7. The number of nitro groups is 1. The first-order chi connectivity index (χ1) is 13.9. The van der Waals surface area contributed by atoms with Crippen LogP contribution in [0.5, 0.6) is 0 Å². The summed E-state index contributed by atoms with van der Waals surface area (Å²) in [5.41, 5.74) is 0.238. The van der Waals surface area contributed by atoms with Crippen LogP contribution < -0.4 is 0 Å². The average molecular weight is 430 g/mol. The molecule has 146 valence electrons. The molecule has 0 saturated heterocycles. The Hall–Kier alpha value is -3.22. The molecule has 0 aliphatic carbocycles. The number of halogens is 2. The Morgan fingerprint density at radius 3 is 2.17 bits per heavy atom. The molecule has 3 rings (SSSR count). The van der Waals surface area contributed by atoms with E-state index < -0.39 is 28.5 Å². The van der Waals surface area contributed by atoms with Crippen LogP contribution in [0.1, 0.15) is 32.4 Å². The van der Waals surface area contributed by atoms with Gasteiger partial charge in [-0.25, -0.2) is 4.79 Å². The number of benzene rings is 3. The van der Waals surface area contributed by atoms with E-state index in [1.807, 2.05) is 0 Å². The highest BCUT2D eigenvalue weighted by molar-refractivity contribution is 6.32. The summed E-state index contributed by atoms with van der Waals surface area (Å²) < 4.78 is 5.46. The van der Waals surface area contributed by atoms with E-state index in [1.165, 1.54) is 12.1 Å². The lowest BCUT2D eigenvalue weighted by Gasteiger charge is -2.18. The summed E-state index contributed by atoms with van der Waals surface area (Å²) >= 11 is 11.7. The van der Waals surface area contributed by atoms with Gasteiger partial charge in [0, 0.05) is 22.2 Å². The quantitative estimate of drug-likeness (QED) is 0.217. The summed E-state index contributed by atoms with van der Waals surface area (Å²) in [6, 6.07) is 18.2. The number of nitrogens with zero attached hydrogens (tertiary/aromatic N) is 1. The van der Waals surface area contributed by atoms with E-state index in [1.54, 1.807) is 54.6 Å². The van der Waals surface area contributed by atoms with Gasteiger partial charge in [0.25, 0.3) is 5.69 Å². The Labute approximate surface area is 175 Å². The van der Waals surface area contributed by atoms with Gasteiger partial charge in [0.2, 0.25) is 5.78 Å². The molecule has 0 radical (unpaired) electrons. The van der Waals surface area contributed by atoms with Gasteiger partial charge in [0.15, 0.2) is 6.10 Å². The van der Waals surface area contributed by atoms with Crippen molar-refractivity contribution in [3.63, 3.8) is 0 Å². The summed E-state index contributed by atoms with van der Waals surface area (Å²) in [6.45, 7) is 0. The molecule has 0 unspecified atom stereocenters. The largest absolute Gasteiger partial charge is 0.445 e. The third kappa shape index (κ3) is 4.80. The summed E-state index contributed by atoms with van der Waals surface area (Å²) in [5, 5.41) is 11.4. The molecule has 0 N–H and O–H groups in total. The van der Waals surface area contributed by atoms with E-state index in [0.29, 0.717) is 16.1 Å². The van der Waals surface area contributed by atoms with Crippen molar-refractivity contribution in [3.8, 4) is 0 Å². The number of hydrogen-bond donors (Lipinski definition) is 0. The summed E-state index contributed by atoms with van der Waals surface area (Å²) in [5.74, 6) is -1.33. The van der Waals surface area contributed by atoms with E-state index in [2.05, 4.69) is 0 Å². The van der Waals surface area contributed by atoms with Crippen molar-refractivity contribution in [1.82, 2.24) is 0 Å². The Morgan fingerprint density at radius 1 is 0.897 bits per heavy atom. The standard InChI is InChI=1S/C21H13Cl2NO5/c22-16-9-6-14(7-10-16)20(19(25)13-4-2-1-3-5-13)29-21(26)15-8-11-17(23)18(12-15)24(27)28/h1-12,20H/t20-/m1/s1. The molecule has 0 heterocycles. The number of ether oxygens (including phenoxy) is 1. The van der Waals surface area contributed by atoms with Gasteiger partial charge in [-0.1, -0.05) is 65.7 Å². The SMILES string of the molecule is O=C(O[C@@H](C(=O)c1ccccc1)c1ccc(Cl)cc1)c1ccc(Cl)c([N+](=O)[O-])c1. The predicted octanol–water partition coefficient (Wildman–Crippen LogP) is 5.68. The van der Waals surface area contributed by atoms with E-state index in [-0.39, 0.29) is 10.6 Å². The van der Waals surface area contributed by atoms with E-state index in [4.69, 9.17) is 27.9 Å². The maximum absolute atomic E-state index is 13.0. The second kappa shape index (κ2) is 8.86. The molecule has 0 fully saturated rings. The minimum Gasteiger partial charge on any atom is -0.445 e. The topological polar surface area (TPSA) is 86.5 Å². The number of carbonyl (C=O) groups excluding carboxylic acids is 2. The van der Waals surface area contributed by atoms with Crippen molar-refractivity contribution in [1.29, 1.82) is 0 Å². The summed E-state index contributed by atoms with van der Waals surface area (Å²) in [7, 11) is 0. The van der Waals surface area contributed by atoms with E-state index in [9.17, 15) is 19.7 Å². The van der Waals surface area contributed by atoms with Gasteiger partial charge in [-0.05, 0) is 24.3 Å². The van der Waals surface area contributed by atoms with Crippen molar-refractivity contribution >= 4 is 40.6 Å². The zero-order chi connectivity index (χ0) is 21.0. The lowest BCUT2D eigenvalue weighted by Crippen LogP contribution is -2.20. The fourth-order valence-electron chi connectivity index (χ4n) is 2.62.